The van der Waals surface area contributed by atoms with Crippen LogP contribution in [0.1, 0.15) is 27.2 Å². The minimum absolute atomic E-state index is 0.0184. The van der Waals surface area contributed by atoms with E-state index in [1.165, 1.54) is 4.90 Å². The number of para-hydroxylation sites is 1. The molecule has 0 fully saturated rings. The summed E-state index contributed by atoms with van der Waals surface area (Å²) in [5.41, 5.74) is 6.58. The van der Waals surface area contributed by atoms with E-state index < -0.39 is 0 Å². The second kappa shape index (κ2) is 7.22. The molecule has 0 aliphatic heterocycles. The summed E-state index contributed by atoms with van der Waals surface area (Å²) in [6, 6.07) is 8.92. The highest BCUT2D eigenvalue weighted by Gasteiger charge is 2.25. The zero-order valence-electron chi connectivity index (χ0n) is 13.2. The highest BCUT2D eigenvalue weighted by atomic mass is 16.2. The van der Waals surface area contributed by atoms with Crippen molar-refractivity contribution in [3.8, 4) is 0 Å². The normalized spacial score (nSPS) is 12.6. The van der Waals surface area contributed by atoms with E-state index in [9.17, 15) is 9.59 Å². The van der Waals surface area contributed by atoms with Crippen molar-refractivity contribution in [2.75, 3.05) is 18.9 Å². The maximum atomic E-state index is 12.1. The Morgan fingerprint density at radius 1 is 1.24 bits per heavy atom. The highest BCUT2D eigenvalue weighted by molar-refractivity contribution is 5.94. The van der Waals surface area contributed by atoms with Crippen LogP contribution in [0.4, 0.5) is 5.69 Å². The standard InChI is InChI=1S/C16H25N3O2/c1-16(2,3)13(17)10-15(21)19(4)11-14(20)18-12-8-6-5-7-9-12/h5-9,13H,10-11,17H2,1-4H3,(H,18,20). The summed E-state index contributed by atoms with van der Waals surface area (Å²) in [5.74, 6) is -0.345. The van der Waals surface area contributed by atoms with Gasteiger partial charge in [0.2, 0.25) is 11.8 Å². The largest absolute Gasteiger partial charge is 0.336 e. The van der Waals surface area contributed by atoms with E-state index in [2.05, 4.69) is 5.32 Å². The van der Waals surface area contributed by atoms with Crippen molar-refractivity contribution in [2.24, 2.45) is 11.1 Å². The average Bonchev–Trinajstić information content (AvgIpc) is 2.38. The number of carbonyl (C=O) groups excluding carboxylic acids is 2. The topological polar surface area (TPSA) is 75.4 Å². The molecule has 0 spiro atoms. The molecular weight excluding hydrogens is 266 g/mol. The van der Waals surface area contributed by atoms with E-state index in [-0.39, 0.29) is 36.2 Å². The minimum Gasteiger partial charge on any atom is -0.336 e. The number of benzene rings is 1. The Hall–Kier alpha value is -1.88. The van der Waals surface area contributed by atoms with Crippen LogP contribution in [0.2, 0.25) is 0 Å². The van der Waals surface area contributed by atoms with Crippen LogP contribution in [0.25, 0.3) is 0 Å². The fourth-order valence-corrected chi connectivity index (χ4v) is 1.68. The van der Waals surface area contributed by atoms with Gasteiger partial charge in [0, 0.05) is 25.2 Å². The number of anilines is 1. The molecule has 1 atom stereocenters. The first-order valence-corrected chi connectivity index (χ1v) is 7.04. The molecule has 1 unspecified atom stereocenters. The summed E-state index contributed by atoms with van der Waals surface area (Å²) in [7, 11) is 1.61. The van der Waals surface area contributed by atoms with Crippen molar-refractivity contribution >= 4 is 17.5 Å². The number of rotatable bonds is 5. The molecule has 0 aromatic heterocycles. The Balaban J connectivity index is 2.47. The molecule has 0 bridgehead atoms. The number of likely N-dealkylation sites (N-methyl/N-ethyl adjacent to an activating group) is 1. The van der Waals surface area contributed by atoms with Gasteiger partial charge >= 0.3 is 0 Å². The van der Waals surface area contributed by atoms with Gasteiger partial charge in [-0.25, -0.2) is 0 Å². The lowest BCUT2D eigenvalue weighted by Crippen LogP contribution is -2.42. The van der Waals surface area contributed by atoms with Gasteiger partial charge in [0.15, 0.2) is 0 Å². The molecule has 3 N–H and O–H groups in total. The second-order valence-electron chi connectivity index (χ2n) is 6.34. The van der Waals surface area contributed by atoms with Crippen LogP contribution in [-0.2, 0) is 9.59 Å². The third-order valence-corrected chi connectivity index (χ3v) is 3.37. The summed E-state index contributed by atoms with van der Waals surface area (Å²) in [6.07, 6.45) is 0.235. The summed E-state index contributed by atoms with van der Waals surface area (Å²) in [4.78, 5) is 25.3. The predicted molar refractivity (Wildman–Crippen MR) is 84.8 cm³/mol. The van der Waals surface area contributed by atoms with Gasteiger partial charge in [-0.3, -0.25) is 9.59 Å². The molecule has 0 saturated carbocycles. The molecule has 1 rings (SSSR count). The molecule has 0 aliphatic rings. The van der Waals surface area contributed by atoms with Gasteiger partial charge in [-0.05, 0) is 17.5 Å². The van der Waals surface area contributed by atoms with Crippen LogP contribution in [-0.4, -0.2) is 36.3 Å². The molecule has 2 amide bonds. The fraction of sp³-hybridized carbons (Fsp3) is 0.500. The van der Waals surface area contributed by atoms with E-state index in [1.807, 2.05) is 39.0 Å². The average molecular weight is 291 g/mol. The molecule has 0 radical (unpaired) electrons. The lowest BCUT2D eigenvalue weighted by atomic mass is 9.85. The fourth-order valence-electron chi connectivity index (χ4n) is 1.68. The van der Waals surface area contributed by atoms with Crippen molar-refractivity contribution in [2.45, 2.75) is 33.2 Å². The van der Waals surface area contributed by atoms with Crippen molar-refractivity contribution in [3.63, 3.8) is 0 Å². The Morgan fingerprint density at radius 3 is 2.33 bits per heavy atom. The Kier molecular flexibility index (Phi) is 5.90. The SMILES string of the molecule is CN(CC(=O)Nc1ccccc1)C(=O)CC(N)C(C)(C)C. The molecule has 1 aromatic rings. The van der Waals surface area contributed by atoms with Gasteiger partial charge in [0.25, 0.3) is 0 Å². The first-order chi connectivity index (χ1) is 9.70. The third kappa shape index (κ3) is 5.95. The molecular formula is C16H25N3O2. The van der Waals surface area contributed by atoms with Crippen LogP contribution < -0.4 is 11.1 Å². The summed E-state index contributed by atoms with van der Waals surface area (Å²) in [6.45, 7) is 6.00. The summed E-state index contributed by atoms with van der Waals surface area (Å²) in [5, 5.41) is 2.75. The van der Waals surface area contributed by atoms with Crippen LogP contribution in [0.5, 0.6) is 0 Å². The quantitative estimate of drug-likeness (QED) is 0.869. The lowest BCUT2D eigenvalue weighted by Gasteiger charge is -2.28. The Labute approximate surface area is 126 Å². The molecule has 0 saturated heterocycles. The smallest absolute Gasteiger partial charge is 0.243 e. The predicted octanol–water partition coefficient (Wildman–Crippen LogP) is 1.85. The zero-order chi connectivity index (χ0) is 16.0. The van der Waals surface area contributed by atoms with Crippen molar-refractivity contribution in [1.82, 2.24) is 4.90 Å². The van der Waals surface area contributed by atoms with E-state index in [0.717, 1.165) is 5.69 Å². The van der Waals surface area contributed by atoms with Crippen molar-refractivity contribution < 1.29 is 9.59 Å². The monoisotopic (exact) mass is 291 g/mol. The third-order valence-electron chi connectivity index (χ3n) is 3.37. The van der Waals surface area contributed by atoms with Crippen molar-refractivity contribution in [3.05, 3.63) is 30.3 Å². The van der Waals surface area contributed by atoms with Crippen LogP contribution in [0, 0.1) is 5.41 Å². The van der Waals surface area contributed by atoms with Crippen LogP contribution in [0.15, 0.2) is 30.3 Å². The maximum absolute atomic E-state index is 12.1. The number of hydrogen-bond acceptors (Lipinski definition) is 3. The van der Waals surface area contributed by atoms with E-state index >= 15 is 0 Å². The number of nitrogens with two attached hydrogens (primary N) is 1. The zero-order valence-corrected chi connectivity index (χ0v) is 13.2. The summed E-state index contributed by atoms with van der Waals surface area (Å²) < 4.78 is 0. The molecule has 5 heteroatoms. The van der Waals surface area contributed by atoms with E-state index in [1.54, 1.807) is 19.2 Å². The van der Waals surface area contributed by atoms with E-state index in [0.29, 0.717) is 0 Å². The lowest BCUT2D eigenvalue weighted by molar-refractivity contribution is -0.134. The number of amides is 2. The van der Waals surface area contributed by atoms with E-state index in [4.69, 9.17) is 5.73 Å². The number of nitrogens with one attached hydrogen (secondary N) is 1. The molecule has 0 heterocycles. The molecule has 21 heavy (non-hydrogen) atoms. The first-order valence-electron chi connectivity index (χ1n) is 7.04. The Bertz CT molecular complexity index is 480. The van der Waals surface area contributed by atoms with Gasteiger partial charge < -0.3 is 16.0 Å². The van der Waals surface area contributed by atoms with Gasteiger partial charge in [-0.1, -0.05) is 39.0 Å². The van der Waals surface area contributed by atoms with Crippen LogP contribution >= 0.6 is 0 Å². The minimum atomic E-state index is -0.232. The molecule has 5 nitrogen and oxygen atoms in total. The first kappa shape index (κ1) is 17.2. The second-order valence-corrected chi connectivity index (χ2v) is 6.34. The molecule has 0 aliphatic carbocycles. The number of nitrogens with zero attached hydrogens (tertiary/aromatic N) is 1. The maximum Gasteiger partial charge on any atom is 0.243 e. The number of carbonyl (C=O) groups is 2. The Morgan fingerprint density at radius 2 is 1.81 bits per heavy atom. The van der Waals surface area contributed by atoms with Gasteiger partial charge in [-0.2, -0.15) is 0 Å². The van der Waals surface area contributed by atoms with Gasteiger partial charge in [-0.15, -0.1) is 0 Å². The van der Waals surface area contributed by atoms with Gasteiger partial charge in [0.1, 0.15) is 0 Å². The van der Waals surface area contributed by atoms with Gasteiger partial charge in [0.05, 0.1) is 6.54 Å². The number of hydrogen-bond donors (Lipinski definition) is 2. The van der Waals surface area contributed by atoms with Crippen molar-refractivity contribution in [1.29, 1.82) is 0 Å². The molecule has 1 aromatic carbocycles. The van der Waals surface area contributed by atoms with Crippen LogP contribution in [0.3, 0.4) is 0 Å². The summed E-state index contributed by atoms with van der Waals surface area (Å²) >= 11 is 0. The molecule has 116 valence electrons. The highest BCUT2D eigenvalue weighted by Crippen LogP contribution is 2.20.